The fourth-order valence-corrected chi connectivity index (χ4v) is 9.49. The van der Waals surface area contributed by atoms with Crippen molar-refractivity contribution < 1.29 is 27.0 Å². The Morgan fingerprint density at radius 1 is 0.830 bits per heavy atom. The fourth-order valence-electron chi connectivity index (χ4n) is 8.70. The quantitative estimate of drug-likeness (QED) is 0.119. The van der Waals surface area contributed by atoms with E-state index in [0.717, 1.165) is 50.2 Å². The van der Waals surface area contributed by atoms with Gasteiger partial charge in [0.1, 0.15) is 15.9 Å². The van der Waals surface area contributed by atoms with E-state index in [2.05, 4.69) is 47.4 Å². The normalized spacial score (nSPS) is 24.0. The first-order chi connectivity index (χ1) is 25.3. The molecular formula is C43H50Cl2N2O5S. The van der Waals surface area contributed by atoms with E-state index in [1.54, 1.807) is 6.07 Å². The number of rotatable bonds is 10. The van der Waals surface area contributed by atoms with E-state index >= 15 is 0 Å². The van der Waals surface area contributed by atoms with E-state index in [0.29, 0.717) is 21.9 Å². The van der Waals surface area contributed by atoms with E-state index < -0.39 is 10.1 Å². The summed E-state index contributed by atoms with van der Waals surface area (Å²) in [6.45, 7) is 10.4. The lowest BCUT2D eigenvalue weighted by atomic mass is 9.65. The highest BCUT2D eigenvalue weighted by atomic mass is 35.5. The molecule has 2 bridgehead atoms. The highest BCUT2D eigenvalue weighted by Gasteiger charge is 2.51. The van der Waals surface area contributed by atoms with Gasteiger partial charge in [0.2, 0.25) is 5.91 Å². The van der Waals surface area contributed by atoms with Crippen molar-refractivity contribution in [3.8, 4) is 5.75 Å². The van der Waals surface area contributed by atoms with Gasteiger partial charge in [0.05, 0.1) is 53.6 Å². The van der Waals surface area contributed by atoms with Crippen LogP contribution in [0.2, 0.25) is 10.0 Å². The summed E-state index contributed by atoms with van der Waals surface area (Å²) in [6.07, 6.45) is 7.36. The van der Waals surface area contributed by atoms with Crippen molar-refractivity contribution in [3.05, 3.63) is 130 Å². The van der Waals surface area contributed by atoms with Gasteiger partial charge >= 0.3 is 0 Å². The maximum Gasteiger partial charge on any atom is 0.227 e. The van der Waals surface area contributed by atoms with Crippen LogP contribution < -0.4 is 4.74 Å². The maximum atomic E-state index is 13.8. The van der Waals surface area contributed by atoms with Crippen LogP contribution in [0.4, 0.5) is 0 Å². The molecule has 7 nitrogen and oxygen atoms in total. The lowest BCUT2D eigenvalue weighted by molar-refractivity contribution is -0.944. The van der Waals surface area contributed by atoms with E-state index in [-0.39, 0.29) is 22.3 Å². The van der Waals surface area contributed by atoms with Crippen LogP contribution in [0, 0.1) is 0 Å². The molecule has 4 aromatic carbocycles. The number of ether oxygens (including phenoxy) is 1. The summed E-state index contributed by atoms with van der Waals surface area (Å²) < 4.78 is 37.9. The highest BCUT2D eigenvalue weighted by Crippen LogP contribution is 2.48. The van der Waals surface area contributed by atoms with Crippen molar-refractivity contribution in [1.82, 2.24) is 4.90 Å². The van der Waals surface area contributed by atoms with Crippen molar-refractivity contribution in [1.29, 1.82) is 0 Å². The molecule has 0 saturated carbocycles. The first-order valence-corrected chi connectivity index (χ1v) is 20.9. The smallest absolute Gasteiger partial charge is 0.227 e. The van der Waals surface area contributed by atoms with E-state index in [4.69, 9.17) is 27.9 Å². The number of halogens is 2. The number of amides is 1. The van der Waals surface area contributed by atoms with Gasteiger partial charge in [-0.25, -0.2) is 8.42 Å². The first kappa shape index (κ1) is 39.3. The molecule has 4 fully saturated rings. The Hall–Kier alpha value is -3.40. The summed E-state index contributed by atoms with van der Waals surface area (Å²) >= 11 is 13.0. The van der Waals surface area contributed by atoms with Crippen LogP contribution in [0.3, 0.4) is 0 Å². The second kappa shape index (κ2) is 16.5. The average molecular weight is 778 g/mol. The van der Waals surface area contributed by atoms with Crippen LogP contribution in [0.1, 0.15) is 69.1 Å². The molecule has 53 heavy (non-hydrogen) atoms. The Morgan fingerprint density at radius 3 is 2.09 bits per heavy atom. The van der Waals surface area contributed by atoms with Crippen molar-refractivity contribution in [2.45, 2.75) is 80.6 Å². The van der Waals surface area contributed by atoms with Gasteiger partial charge < -0.3 is 18.7 Å². The minimum Gasteiger partial charge on any atom is -0.744 e. The molecule has 4 aliphatic heterocycles. The number of carbonyl (C=O) groups is 1. The van der Waals surface area contributed by atoms with Crippen molar-refractivity contribution in [3.63, 3.8) is 0 Å². The van der Waals surface area contributed by atoms with Crippen LogP contribution in [-0.4, -0.2) is 73.6 Å². The van der Waals surface area contributed by atoms with Crippen LogP contribution in [0.25, 0.3) is 0 Å². The van der Waals surface area contributed by atoms with Gasteiger partial charge in [0.15, 0.2) is 0 Å². The fraction of sp³-hybridized carbons (Fsp3) is 0.419. The molecule has 4 saturated heterocycles. The number of benzene rings is 4. The summed E-state index contributed by atoms with van der Waals surface area (Å²) in [7, 11) is -4.25. The molecular weight excluding hydrogens is 727 g/mol. The number of quaternary nitrogens is 1. The lowest BCUT2D eigenvalue weighted by Gasteiger charge is -2.56. The molecule has 0 N–H and O–H groups in total. The molecule has 10 heteroatoms. The van der Waals surface area contributed by atoms with Crippen LogP contribution in [0.5, 0.6) is 5.75 Å². The number of fused-ring (bicyclic) bond motifs is 3. The molecule has 4 aliphatic rings. The number of carbonyl (C=O) groups excluding carboxylic acids is 1. The largest absolute Gasteiger partial charge is 0.744 e. The summed E-state index contributed by atoms with van der Waals surface area (Å²) in [4.78, 5) is 15.7. The average Bonchev–Trinajstić information content (AvgIpc) is 3.16. The third kappa shape index (κ3) is 9.46. The van der Waals surface area contributed by atoms with Gasteiger partial charge in [0, 0.05) is 49.6 Å². The Bertz CT molecular complexity index is 1950. The zero-order chi connectivity index (χ0) is 37.7. The molecule has 0 spiro atoms. The Labute approximate surface area is 325 Å². The minimum absolute atomic E-state index is 0.0980. The summed E-state index contributed by atoms with van der Waals surface area (Å²) in [5.41, 5.74) is 3.97. The number of piperidine rings is 4. The Balaban J connectivity index is 0.000000417. The zero-order valence-electron chi connectivity index (χ0n) is 30.7. The zero-order valence-corrected chi connectivity index (χ0v) is 33.0. The van der Waals surface area contributed by atoms with Gasteiger partial charge in [-0.15, -0.1) is 0 Å². The standard InChI is InChI=1S/C37H45Cl2N2O2.C6H6O3S/c1-28(2)43-32-11-6-8-29(24-32)25-35(42)40-19-7-14-37(27-40,31-12-13-33(38)34(39)26-31)18-23-41-20-15-36(16-21-41,17-22-41)30-9-4-3-5-10-30;7-10(8,9)6-4-2-1-3-5-6/h3-6,8-13,24,26,28H,7,14-23,25,27H2,1-2H3;1-5H,(H,7,8,9)/q+1;/p-1/t36?,37-,41?;/m0./s1. The van der Waals surface area contributed by atoms with Gasteiger partial charge in [-0.2, -0.15) is 0 Å². The molecule has 1 atom stereocenters. The monoisotopic (exact) mass is 776 g/mol. The second-order valence-corrected chi connectivity index (χ2v) is 17.7. The highest BCUT2D eigenvalue weighted by molar-refractivity contribution is 7.85. The van der Waals surface area contributed by atoms with Gasteiger partial charge in [0.25, 0.3) is 0 Å². The molecule has 0 unspecified atom stereocenters. The Kier molecular flexibility index (Phi) is 12.3. The van der Waals surface area contributed by atoms with Crippen molar-refractivity contribution >= 4 is 39.2 Å². The molecule has 0 aliphatic carbocycles. The van der Waals surface area contributed by atoms with E-state index in [1.807, 2.05) is 44.2 Å². The molecule has 1 amide bonds. The van der Waals surface area contributed by atoms with Crippen LogP contribution in [0.15, 0.2) is 108 Å². The number of nitrogens with zero attached hydrogens (tertiary/aromatic N) is 2. The summed E-state index contributed by atoms with van der Waals surface area (Å²) in [5.74, 6) is 0.999. The van der Waals surface area contributed by atoms with Gasteiger partial charge in [-0.3, -0.25) is 4.79 Å². The van der Waals surface area contributed by atoms with Gasteiger partial charge in [-0.05, 0) is 79.8 Å². The number of hydrogen-bond donors (Lipinski definition) is 0. The van der Waals surface area contributed by atoms with Gasteiger partial charge in [-0.1, -0.05) is 89.9 Å². The lowest BCUT2D eigenvalue weighted by Crippen LogP contribution is -2.64. The maximum absolute atomic E-state index is 13.8. The number of hydrogen-bond acceptors (Lipinski definition) is 5. The molecule has 4 heterocycles. The van der Waals surface area contributed by atoms with Crippen LogP contribution in [-0.2, 0) is 32.2 Å². The molecule has 8 rings (SSSR count). The van der Waals surface area contributed by atoms with Crippen molar-refractivity contribution in [2.24, 2.45) is 0 Å². The van der Waals surface area contributed by atoms with E-state index in [1.165, 1.54) is 78.8 Å². The SMILES string of the molecule is CC(C)Oc1cccc(CC(=O)N2CCC[C@@](CC[N+]34CCC(c5ccccc5)(CC3)CC4)(c3ccc(Cl)c(Cl)c3)C2)c1.O=S(=O)([O-])c1ccccc1. The first-order valence-electron chi connectivity index (χ1n) is 18.7. The molecule has 0 aromatic heterocycles. The summed E-state index contributed by atoms with van der Waals surface area (Å²) in [6, 6.07) is 32.5. The number of likely N-dealkylation sites (tertiary alicyclic amines) is 1. The molecule has 282 valence electrons. The summed E-state index contributed by atoms with van der Waals surface area (Å²) in [5, 5.41) is 1.18. The second-order valence-electron chi connectivity index (χ2n) is 15.5. The van der Waals surface area contributed by atoms with E-state index in [9.17, 15) is 17.8 Å². The molecule has 4 aromatic rings. The predicted octanol–water partition coefficient (Wildman–Crippen LogP) is 8.82. The van der Waals surface area contributed by atoms with Crippen LogP contribution >= 0.6 is 23.2 Å². The third-order valence-corrected chi connectivity index (χ3v) is 13.4. The topological polar surface area (TPSA) is 86.7 Å². The third-order valence-electron chi connectivity index (χ3n) is 11.8. The molecule has 0 radical (unpaired) electrons. The minimum atomic E-state index is -4.25. The van der Waals surface area contributed by atoms with Crippen molar-refractivity contribution in [2.75, 3.05) is 39.3 Å². The predicted molar refractivity (Wildman–Crippen MR) is 211 cm³/mol. The Morgan fingerprint density at radius 2 is 1.49 bits per heavy atom.